The summed E-state index contributed by atoms with van der Waals surface area (Å²) in [4.78, 5) is 25.8. The first kappa shape index (κ1) is 22.0. The number of fused-ring (bicyclic) bond motifs is 1. The van der Waals surface area contributed by atoms with Crippen molar-refractivity contribution in [3.63, 3.8) is 0 Å². The Morgan fingerprint density at radius 2 is 1.66 bits per heavy atom. The smallest absolute Gasteiger partial charge is 0.411 e. The van der Waals surface area contributed by atoms with Crippen LogP contribution < -0.4 is 10.2 Å². The van der Waals surface area contributed by atoms with E-state index in [1.165, 1.54) is 0 Å². The zero-order valence-corrected chi connectivity index (χ0v) is 18.2. The molecule has 1 N–H and O–H groups in total. The molecule has 6 nitrogen and oxygen atoms in total. The average Bonchev–Trinajstić information content (AvgIpc) is 3.21. The van der Waals surface area contributed by atoms with Gasteiger partial charge in [-0.2, -0.15) is 0 Å². The Kier molecular flexibility index (Phi) is 5.79. The summed E-state index contributed by atoms with van der Waals surface area (Å²) in [5.74, 6) is -1.95. The lowest BCUT2D eigenvalue weighted by Crippen LogP contribution is -2.31. The van der Waals surface area contributed by atoms with E-state index in [1.807, 2.05) is 39.0 Å². The van der Waals surface area contributed by atoms with Gasteiger partial charge in [0.15, 0.2) is 11.6 Å². The van der Waals surface area contributed by atoms with E-state index in [0.29, 0.717) is 13.1 Å². The molecule has 32 heavy (non-hydrogen) atoms. The van der Waals surface area contributed by atoms with Crippen molar-refractivity contribution >= 4 is 23.4 Å². The second-order valence-corrected chi connectivity index (χ2v) is 9.27. The molecule has 8 heteroatoms. The standard InChI is InChI=1S/C24H26F2N2O4/c1-24(2,3)32-22(29)20-16-11-28(12-17(16)20)21-18(25)9-15(10-19(21)26)27-23(30)31-13-14-7-5-4-6-8-14/h4-10,16-17,20H,11-13H2,1-3H3,(H,27,30)/t16-,17+,20?. The summed E-state index contributed by atoms with van der Waals surface area (Å²) in [5, 5.41) is 2.35. The summed E-state index contributed by atoms with van der Waals surface area (Å²) in [5.41, 5.74) is 0.0607. The molecule has 1 amide bonds. The van der Waals surface area contributed by atoms with Crippen LogP contribution in [0.4, 0.5) is 25.0 Å². The third kappa shape index (κ3) is 4.84. The molecule has 170 valence electrons. The number of ether oxygens (including phenoxy) is 2. The van der Waals surface area contributed by atoms with Crippen molar-refractivity contribution in [1.29, 1.82) is 0 Å². The average molecular weight is 444 g/mol. The van der Waals surface area contributed by atoms with Gasteiger partial charge < -0.3 is 14.4 Å². The Hall–Kier alpha value is -3.16. The fourth-order valence-electron chi connectivity index (χ4n) is 4.25. The lowest BCUT2D eigenvalue weighted by Gasteiger charge is -2.25. The molecular weight excluding hydrogens is 418 g/mol. The maximum Gasteiger partial charge on any atom is 0.411 e. The Bertz CT molecular complexity index is 987. The zero-order chi connectivity index (χ0) is 23.0. The van der Waals surface area contributed by atoms with Gasteiger partial charge in [0.25, 0.3) is 0 Å². The van der Waals surface area contributed by atoms with E-state index in [2.05, 4.69) is 5.32 Å². The van der Waals surface area contributed by atoms with Crippen LogP contribution in [0.2, 0.25) is 0 Å². The van der Waals surface area contributed by atoms with Crippen LogP contribution in [0.15, 0.2) is 42.5 Å². The number of nitrogens with zero attached hydrogens (tertiary/aromatic N) is 1. The molecule has 0 aromatic heterocycles. The van der Waals surface area contributed by atoms with Crippen molar-refractivity contribution in [1.82, 2.24) is 0 Å². The van der Waals surface area contributed by atoms with Gasteiger partial charge in [0, 0.05) is 18.8 Å². The van der Waals surface area contributed by atoms with E-state index in [1.54, 1.807) is 17.0 Å². The lowest BCUT2D eigenvalue weighted by atomic mass is 10.1. The lowest BCUT2D eigenvalue weighted by molar-refractivity contribution is -0.157. The van der Waals surface area contributed by atoms with Crippen molar-refractivity contribution in [2.75, 3.05) is 23.3 Å². The SMILES string of the molecule is CC(C)(C)OC(=O)C1[C@H]2CN(c3c(F)cc(NC(=O)OCc4ccccc4)cc3F)C[C@@H]12. The van der Waals surface area contributed by atoms with Crippen LogP contribution in [-0.4, -0.2) is 30.8 Å². The molecule has 1 saturated carbocycles. The number of amides is 1. The van der Waals surface area contributed by atoms with Gasteiger partial charge in [-0.3, -0.25) is 10.1 Å². The summed E-state index contributed by atoms with van der Waals surface area (Å²) in [6, 6.07) is 11.2. The number of hydrogen-bond donors (Lipinski definition) is 1. The van der Waals surface area contributed by atoms with Crippen LogP contribution in [-0.2, 0) is 20.9 Å². The van der Waals surface area contributed by atoms with Crippen molar-refractivity contribution in [2.45, 2.75) is 33.0 Å². The van der Waals surface area contributed by atoms with Crippen molar-refractivity contribution in [3.8, 4) is 0 Å². The van der Waals surface area contributed by atoms with E-state index in [9.17, 15) is 18.4 Å². The summed E-state index contributed by atoms with van der Waals surface area (Å²) in [6.45, 7) is 6.25. The molecule has 0 radical (unpaired) electrons. The van der Waals surface area contributed by atoms with Gasteiger partial charge in [0.05, 0.1) is 5.92 Å². The molecule has 4 rings (SSSR count). The third-order valence-electron chi connectivity index (χ3n) is 5.67. The molecule has 2 aliphatic rings. The van der Waals surface area contributed by atoms with Gasteiger partial charge in [-0.05, 0) is 50.3 Å². The minimum Gasteiger partial charge on any atom is -0.460 e. The predicted molar refractivity (Wildman–Crippen MR) is 115 cm³/mol. The molecule has 2 aromatic rings. The minimum absolute atomic E-state index is 0.0298. The maximum absolute atomic E-state index is 14.7. The van der Waals surface area contributed by atoms with Crippen molar-refractivity contribution < 1.29 is 27.8 Å². The number of anilines is 2. The van der Waals surface area contributed by atoms with E-state index in [4.69, 9.17) is 9.47 Å². The first-order chi connectivity index (χ1) is 15.1. The monoisotopic (exact) mass is 444 g/mol. The maximum atomic E-state index is 14.7. The Morgan fingerprint density at radius 1 is 1.06 bits per heavy atom. The van der Waals surface area contributed by atoms with Gasteiger partial charge in [0.2, 0.25) is 0 Å². The van der Waals surface area contributed by atoms with Gasteiger partial charge in [-0.25, -0.2) is 13.6 Å². The van der Waals surface area contributed by atoms with E-state index < -0.39 is 23.3 Å². The highest BCUT2D eigenvalue weighted by molar-refractivity contribution is 5.85. The quantitative estimate of drug-likeness (QED) is 0.675. The Morgan fingerprint density at radius 3 is 2.22 bits per heavy atom. The molecule has 0 bridgehead atoms. The second kappa shape index (κ2) is 8.41. The normalized spacial score (nSPS) is 21.7. The number of benzene rings is 2. The Balaban J connectivity index is 1.34. The molecule has 3 atom stereocenters. The van der Waals surface area contributed by atoms with Crippen LogP contribution in [0.25, 0.3) is 0 Å². The van der Waals surface area contributed by atoms with Crippen molar-refractivity contribution in [2.24, 2.45) is 17.8 Å². The third-order valence-corrected chi connectivity index (χ3v) is 5.67. The first-order valence-electron chi connectivity index (χ1n) is 10.6. The zero-order valence-electron chi connectivity index (χ0n) is 18.2. The van der Waals surface area contributed by atoms with E-state index >= 15 is 0 Å². The van der Waals surface area contributed by atoms with Crippen LogP contribution in [0, 0.1) is 29.4 Å². The van der Waals surface area contributed by atoms with Crippen molar-refractivity contribution in [3.05, 3.63) is 59.7 Å². The van der Waals surface area contributed by atoms with Crippen LogP contribution in [0.5, 0.6) is 0 Å². The number of rotatable bonds is 5. The number of piperidine rings is 1. The number of carbonyl (C=O) groups excluding carboxylic acids is 2. The molecule has 2 aromatic carbocycles. The predicted octanol–water partition coefficient (Wildman–Crippen LogP) is 4.74. The van der Waals surface area contributed by atoms with Crippen LogP contribution in [0.3, 0.4) is 0 Å². The molecular formula is C24H26F2N2O4. The summed E-state index contributed by atoms with van der Waals surface area (Å²) in [6.07, 6.45) is -0.803. The molecule has 0 spiro atoms. The molecule has 1 saturated heterocycles. The molecule has 1 heterocycles. The second-order valence-electron chi connectivity index (χ2n) is 9.27. The van der Waals surface area contributed by atoms with Gasteiger partial charge in [-0.1, -0.05) is 30.3 Å². The molecule has 2 fully saturated rings. The number of hydrogen-bond acceptors (Lipinski definition) is 5. The molecule has 1 aliphatic carbocycles. The highest BCUT2D eigenvalue weighted by Crippen LogP contribution is 2.54. The topological polar surface area (TPSA) is 67.9 Å². The van der Waals surface area contributed by atoms with Gasteiger partial charge >= 0.3 is 12.1 Å². The van der Waals surface area contributed by atoms with Gasteiger partial charge in [0.1, 0.15) is 17.9 Å². The molecule has 1 aliphatic heterocycles. The largest absolute Gasteiger partial charge is 0.460 e. The minimum atomic E-state index is -0.803. The summed E-state index contributed by atoms with van der Waals surface area (Å²) >= 11 is 0. The highest BCUT2D eigenvalue weighted by atomic mass is 19.1. The van der Waals surface area contributed by atoms with E-state index in [0.717, 1.165) is 17.7 Å². The number of nitrogens with one attached hydrogen (secondary N) is 1. The summed E-state index contributed by atoms with van der Waals surface area (Å²) in [7, 11) is 0. The van der Waals surface area contributed by atoms with E-state index in [-0.39, 0.29) is 41.7 Å². The first-order valence-corrected chi connectivity index (χ1v) is 10.6. The number of esters is 1. The fraction of sp³-hybridized carbons (Fsp3) is 0.417. The van der Waals surface area contributed by atoms with Gasteiger partial charge in [-0.15, -0.1) is 0 Å². The Labute approximate surface area is 185 Å². The summed E-state index contributed by atoms with van der Waals surface area (Å²) < 4.78 is 39.9. The van der Waals surface area contributed by atoms with Crippen LogP contribution in [0.1, 0.15) is 26.3 Å². The molecule has 1 unspecified atom stereocenters. The van der Waals surface area contributed by atoms with Crippen LogP contribution >= 0.6 is 0 Å². The number of carbonyl (C=O) groups is 2. The highest BCUT2D eigenvalue weighted by Gasteiger charge is 2.61. The number of halogens is 2. The fourth-order valence-corrected chi connectivity index (χ4v) is 4.25.